The predicted octanol–water partition coefficient (Wildman–Crippen LogP) is 0.781. The van der Waals surface area contributed by atoms with Crippen molar-refractivity contribution in [3.05, 3.63) is 46.2 Å². The molecular weight excluding hydrogens is 284 g/mol. The third-order valence-corrected chi connectivity index (χ3v) is 2.87. The second kappa shape index (κ2) is 5.32. The van der Waals surface area contributed by atoms with Crippen molar-refractivity contribution in [1.82, 2.24) is 9.78 Å². The number of aromatic carboxylic acids is 1. The number of amides is 1. The fourth-order valence-electron chi connectivity index (χ4n) is 1.81. The van der Waals surface area contributed by atoms with Gasteiger partial charge in [-0.25, -0.2) is 9.48 Å². The number of nitrogens with zero attached hydrogens (tertiary/aromatic N) is 2. The van der Waals surface area contributed by atoms with Gasteiger partial charge in [0, 0.05) is 11.6 Å². The summed E-state index contributed by atoms with van der Waals surface area (Å²) in [5.41, 5.74) is 11.4. The molecule has 2 rings (SSSR count). The Balaban J connectivity index is 2.67. The van der Waals surface area contributed by atoms with Gasteiger partial charge in [-0.2, -0.15) is 5.10 Å². The minimum absolute atomic E-state index is 0.220. The van der Waals surface area contributed by atoms with Crippen LogP contribution in [0, 0.1) is 0 Å². The number of halogens is 1. The van der Waals surface area contributed by atoms with Crippen molar-refractivity contribution in [2.24, 2.45) is 11.5 Å². The van der Waals surface area contributed by atoms with Gasteiger partial charge in [0.05, 0.1) is 11.9 Å². The summed E-state index contributed by atoms with van der Waals surface area (Å²) < 4.78 is 1.14. The molecule has 1 aromatic carbocycles. The lowest BCUT2D eigenvalue weighted by Crippen LogP contribution is -2.20. The van der Waals surface area contributed by atoms with Crippen LogP contribution < -0.4 is 11.5 Å². The Bertz CT molecular complexity index is 696. The minimum atomic E-state index is -1.29. The molecule has 1 heterocycles. The Labute approximate surface area is 118 Å². The minimum Gasteiger partial charge on any atom is -0.478 e. The van der Waals surface area contributed by atoms with Crippen molar-refractivity contribution in [1.29, 1.82) is 0 Å². The molecule has 0 bridgehead atoms. The monoisotopic (exact) mass is 294 g/mol. The van der Waals surface area contributed by atoms with Crippen molar-refractivity contribution < 1.29 is 14.7 Å². The zero-order valence-electron chi connectivity index (χ0n) is 10.2. The summed E-state index contributed by atoms with van der Waals surface area (Å²) >= 11 is 5.95. The van der Waals surface area contributed by atoms with E-state index in [0.717, 1.165) is 16.4 Å². The molecule has 0 unspecified atom stereocenters. The van der Waals surface area contributed by atoms with Crippen molar-refractivity contribution in [2.45, 2.75) is 6.54 Å². The Morgan fingerprint density at radius 2 is 2.05 bits per heavy atom. The van der Waals surface area contributed by atoms with Gasteiger partial charge in [-0.05, 0) is 23.8 Å². The Morgan fingerprint density at radius 1 is 1.35 bits per heavy atom. The van der Waals surface area contributed by atoms with Crippen molar-refractivity contribution in [3.63, 3.8) is 0 Å². The van der Waals surface area contributed by atoms with Crippen LogP contribution in [0.1, 0.15) is 26.4 Å². The topological polar surface area (TPSA) is 124 Å². The smallest absolute Gasteiger partial charge is 0.339 e. The van der Waals surface area contributed by atoms with Gasteiger partial charge in [-0.3, -0.25) is 4.79 Å². The predicted molar refractivity (Wildman–Crippen MR) is 71.9 cm³/mol. The van der Waals surface area contributed by atoms with Crippen LogP contribution in [0.5, 0.6) is 0 Å². The number of carbonyl (C=O) groups excluding carboxylic acids is 1. The molecule has 0 aliphatic rings. The first-order valence-electron chi connectivity index (χ1n) is 5.55. The van der Waals surface area contributed by atoms with E-state index < -0.39 is 11.9 Å². The van der Waals surface area contributed by atoms with Crippen molar-refractivity contribution in [2.75, 3.05) is 0 Å². The lowest BCUT2D eigenvalue weighted by Gasteiger charge is -2.08. The molecule has 8 heteroatoms. The number of hydrogen-bond acceptors (Lipinski definition) is 4. The molecule has 0 spiro atoms. The molecule has 0 aliphatic carbocycles. The van der Waals surface area contributed by atoms with Gasteiger partial charge in [0.2, 0.25) is 0 Å². The maximum atomic E-state index is 11.5. The second-order valence-electron chi connectivity index (χ2n) is 4.01. The van der Waals surface area contributed by atoms with Gasteiger partial charge < -0.3 is 16.6 Å². The third-order valence-electron chi connectivity index (χ3n) is 2.66. The van der Waals surface area contributed by atoms with Crippen LogP contribution in [0.4, 0.5) is 0 Å². The molecule has 5 N–H and O–H groups in total. The highest BCUT2D eigenvalue weighted by atomic mass is 35.5. The van der Waals surface area contributed by atoms with E-state index in [1.807, 2.05) is 0 Å². The fraction of sp³-hybridized carbons (Fsp3) is 0.0833. The van der Waals surface area contributed by atoms with Crippen LogP contribution in [0.25, 0.3) is 5.69 Å². The van der Waals surface area contributed by atoms with Crippen LogP contribution >= 0.6 is 11.6 Å². The van der Waals surface area contributed by atoms with E-state index in [1.165, 1.54) is 6.07 Å². The normalized spacial score (nSPS) is 10.5. The molecule has 0 radical (unpaired) electrons. The first kappa shape index (κ1) is 14.0. The summed E-state index contributed by atoms with van der Waals surface area (Å²) in [6.07, 6.45) is 1.06. The van der Waals surface area contributed by atoms with E-state index in [0.29, 0.717) is 10.7 Å². The third kappa shape index (κ3) is 2.49. The molecular formula is C12H11ClN4O3. The molecule has 0 aliphatic heterocycles. The van der Waals surface area contributed by atoms with Crippen LogP contribution in [0.2, 0.25) is 5.02 Å². The highest BCUT2D eigenvalue weighted by Gasteiger charge is 2.22. The van der Waals surface area contributed by atoms with Gasteiger partial charge in [0.25, 0.3) is 5.91 Å². The van der Waals surface area contributed by atoms with Gasteiger partial charge in [-0.15, -0.1) is 0 Å². The summed E-state index contributed by atoms with van der Waals surface area (Å²) in [5.74, 6) is -2.18. The number of carboxylic acid groups (broad SMARTS) is 1. The zero-order chi connectivity index (χ0) is 14.9. The maximum Gasteiger partial charge on any atom is 0.339 e. The number of rotatable bonds is 4. The largest absolute Gasteiger partial charge is 0.478 e. The van der Waals surface area contributed by atoms with Crippen LogP contribution in [0.15, 0.2) is 24.4 Å². The molecule has 1 amide bonds. The highest BCUT2D eigenvalue weighted by Crippen LogP contribution is 2.21. The van der Waals surface area contributed by atoms with Gasteiger partial charge >= 0.3 is 5.97 Å². The number of nitrogens with two attached hydrogens (primary N) is 2. The average molecular weight is 295 g/mol. The molecule has 0 atom stereocenters. The van der Waals surface area contributed by atoms with Gasteiger partial charge in [0.15, 0.2) is 0 Å². The van der Waals surface area contributed by atoms with Gasteiger partial charge in [-0.1, -0.05) is 11.6 Å². The molecule has 0 saturated heterocycles. The fourth-order valence-corrected chi connectivity index (χ4v) is 2.06. The summed E-state index contributed by atoms with van der Waals surface area (Å²) in [4.78, 5) is 22.5. The number of carboxylic acids is 1. The van der Waals surface area contributed by atoms with E-state index in [9.17, 15) is 9.59 Å². The number of benzene rings is 1. The first-order chi connectivity index (χ1) is 9.43. The van der Waals surface area contributed by atoms with E-state index in [-0.39, 0.29) is 17.8 Å². The van der Waals surface area contributed by atoms with Crippen LogP contribution in [-0.4, -0.2) is 26.8 Å². The highest BCUT2D eigenvalue weighted by molar-refractivity contribution is 6.30. The number of carbonyl (C=O) groups is 2. The molecule has 0 fully saturated rings. The van der Waals surface area contributed by atoms with Crippen LogP contribution in [-0.2, 0) is 6.54 Å². The summed E-state index contributed by atoms with van der Waals surface area (Å²) in [5, 5.41) is 13.3. The molecule has 2 aromatic rings. The SMILES string of the molecule is NCc1cc(Cl)cc(-n2ncc(C(=O)O)c2C(N)=O)c1. The number of aromatic nitrogens is 2. The molecule has 7 nitrogen and oxygen atoms in total. The number of hydrogen-bond donors (Lipinski definition) is 3. The Hall–Kier alpha value is -2.38. The molecule has 1 aromatic heterocycles. The lowest BCUT2D eigenvalue weighted by molar-refractivity contribution is 0.0692. The van der Waals surface area contributed by atoms with Crippen molar-refractivity contribution in [3.8, 4) is 5.69 Å². The molecule has 104 valence electrons. The summed E-state index contributed by atoms with van der Waals surface area (Å²) in [6.45, 7) is 0.243. The van der Waals surface area contributed by atoms with Crippen LogP contribution in [0.3, 0.4) is 0 Å². The van der Waals surface area contributed by atoms with E-state index in [1.54, 1.807) is 12.1 Å². The zero-order valence-corrected chi connectivity index (χ0v) is 11.0. The average Bonchev–Trinajstić information content (AvgIpc) is 2.82. The standard InChI is InChI=1S/C12H11ClN4O3/c13-7-1-6(4-14)2-8(3-7)17-10(11(15)18)9(5-16-17)12(19)20/h1-3,5H,4,14H2,(H2,15,18)(H,19,20). The van der Waals surface area contributed by atoms with E-state index in [4.69, 9.17) is 28.2 Å². The lowest BCUT2D eigenvalue weighted by atomic mass is 10.2. The molecule has 20 heavy (non-hydrogen) atoms. The Kier molecular flexibility index (Phi) is 3.73. The second-order valence-corrected chi connectivity index (χ2v) is 4.45. The van der Waals surface area contributed by atoms with E-state index in [2.05, 4.69) is 5.10 Å². The Morgan fingerprint density at radius 3 is 2.60 bits per heavy atom. The maximum absolute atomic E-state index is 11.5. The first-order valence-corrected chi connectivity index (χ1v) is 5.93. The number of primary amides is 1. The summed E-state index contributed by atoms with van der Waals surface area (Å²) in [6, 6.07) is 4.85. The summed E-state index contributed by atoms with van der Waals surface area (Å²) in [7, 11) is 0. The van der Waals surface area contributed by atoms with Gasteiger partial charge in [0.1, 0.15) is 11.3 Å². The van der Waals surface area contributed by atoms with E-state index >= 15 is 0 Å². The van der Waals surface area contributed by atoms with Crippen molar-refractivity contribution >= 4 is 23.5 Å². The molecule has 0 saturated carbocycles. The quantitative estimate of drug-likeness (QED) is 0.768.